The summed E-state index contributed by atoms with van der Waals surface area (Å²) in [6, 6.07) is 12.6. The van der Waals surface area contributed by atoms with Crippen molar-refractivity contribution in [3.63, 3.8) is 0 Å². The Kier molecular flexibility index (Phi) is 4.78. The summed E-state index contributed by atoms with van der Waals surface area (Å²) in [5.74, 6) is 0. The van der Waals surface area contributed by atoms with Crippen LogP contribution in [0.2, 0.25) is 0 Å². The van der Waals surface area contributed by atoms with Gasteiger partial charge in [-0.25, -0.2) is 12.7 Å². The molecular formula is C16H16N2O2S3. The number of rotatable bonds is 4. The van der Waals surface area contributed by atoms with Gasteiger partial charge in [-0.1, -0.05) is 6.07 Å². The first kappa shape index (κ1) is 16.5. The predicted octanol–water partition coefficient (Wildman–Crippen LogP) is 3.94. The van der Waals surface area contributed by atoms with Crippen molar-refractivity contribution < 1.29 is 8.42 Å². The maximum atomic E-state index is 12.7. The lowest BCUT2D eigenvalue weighted by Gasteiger charge is -2.19. The van der Waals surface area contributed by atoms with Crippen LogP contribution in [0.3, 0.4) is 0 Å². The van der Waals surface area contributed by atoms with Gasteiger partial charge in [-0.15, -0.1) is 11.3 Å². The van der Waals surface area contributed by atoms with Crippen molar-refractivity contribution >= 4 is 33.1 Å². The quantitative estimate of drug-likeness (QED) is 0.769. The molecule has 0 unspecified atom stereocenters. The molecule has 0 N–H and O–H groups in total. The molecule has 3 rings (SSSR count). The molecule has 1 atom stereocenters. The summed E-state index contributed by atoms with van der Waals surface area (Å²) >= 11 is 2.62. The van der Waals surface area contributed by atoms with E-state index in [1.165, 1.54) is 18.9 Å². The van der Waals surface area contributed by atoms with Gasteiger partial charge in [-0.05, 0) is 62.0 Å². The Morgan fingerprint density at radius 2 is 2.17 bits per heavy atom. The molecule has 0 amide bonds. The van der Waals surface area contributed by atoms with Gasteiger partial charge in [0.15, 0.2) is 0 Å². The highest BCUT2D eigenvalue weighted by Gasteiger charge is 2.23. The van der Waals surface area contributed by atoms with Gasteiger partial charge in [0.1, 0.15) is 15.2 Å². The van der Waals surface area contributed by atoms with Gasteiger partial charge in [-0.3, -0.25) is 0 Å². The molecule has 0 spiro atoms. The van der Waals surface area contributed by atoms with E-state index in [2.05, 4.69) is 11.2 Å². The molecule has 2 aromatic rings. The largest absolute Gasteiger partial charge is 0.244 e. The Bertz CT molecular complexity index is 852. The van der Waals surface area contributed by atoms with Crippen molar-refractivity contribution in [2.75, 3.05) is 6.54 Å². The molecule has 0 aliphatic carbocycles. The lowest BCUT2D eigenvalue weighted by atomic mass is 10.3. The van der Waals surface area contributed by atoms with Crippen molar-refractivity contribution in [3.05, 3.63) is 41.3 Å². The first-order valence-electron chi connectivity index (χ1n) is 7.30. The number of sulfone groups is 1. The van der Waals surface area contributed by atoms with Crippen molar-refractivity contribution in [3.8, 4) is 6.07 Å². The molecule has 1 saturated heterocycles. The van der Waals surface area contributed by atoms with Crippen LogP contribution in [0.15, 0.2) is 50.4 Å². The standard InChI is InChI=1S/C16H16N2O2S3/c1-12-4-3-9-18(12)22-13-5-2-6-15(10-13)23(19,20)16-8-7-14(11-17)21-16/h2,5-8,10,12H,3-4,9H2,1H3/t12-/m0/s1. The molecular weight excluding hydrogens is 348 g/mol. The average molecular weight is 365 g/mol. The summed E-state index contributed by atoms with van der Waals surface area (Å²) in [6.45, 7) is 3.22. The van der Waals surface area contributed by atoms with Crippen LogP contribution < -0.4 is 0 Å². The fourth-order valence-electron chi connectivity index (χ4n) is 2.52. The Morgan fingerprint density at radius 3 is 2.83 bits per heavy atom. The second-order valence-electron chi connectivity index (χ2n) is 5.43. The maximum Gasteiger partial charge on any atom is 0.216 e. The number of hydrogen-bond acceptors (Lipinski definition) is 6. The Balaban J connectivity index is 1.88. The number of hydrogen-bond donors (Lipinski definition) is 0. The molecule has 23 heavy (non-hydrogen) atoms. The highest BCUT2D eigenvalue weighted by Crippen LogP contribution is 2.33. The van der Waals surface area contributed by atoms with Crippen LogP contribution in [0, 0.1) is 11.3 Å². The van der Waals surface area contributed by atoms with Gasteiger partial charge in [-0.2, -0.15) is 5.26 Å². The summed E-state index contributed by atoms with van der Waals surface area (Å²) in [6.07, 6.45) is 2.36. The van der Waals surface area contributed by atoms with E-state index in [1.807, 2.05) is 12.1 Å². The fourth-order valence-corrected chi connectivity index (χ4v) is 6.24. The SMILES string of the molecule is C[C@H]1CCCN1Sc1cccc(S(=O)(=O)c2ccc(C#N)s2)c1. The molecule has 120 valence electrons. The number of nitrogens with zero attached hydrogens (tertiary/aromatic N) is 2. The lowest BCUT2D eigenvalue weighted by molar-refractivity contribution is 0.467. The second-order valence-corrected chi connectivity index (χ2v) is 9.82. The summed E-state index contributed by atoms with van der Waals surface area (Å²) < 4.78 is 27.9. The van der Waals surface area contributed by atoms with Crippen LogP contribution in [-0.4, -0.2) is 25.3 Å². The minimum atomic E-state index is -3.56. The lowest BCUT2D eigenvalue weighted by Crippen LogP contribution is -2.18. The fraction of sp³-hybridized carbons (Fsp3) is 0.312. The molecule has 4 nitrogen and oxygen atoms in total. The van der Waals surface area contributed by atoms with Gasteiger partial charge >= 0.3 is 0 Å². The van der Waals surface area contributed by atoms with E-state index >= 15 is 0 Å². The maximum absolute atomic E-state index is 12.7. The number of thiophene rings is 1. The highest BCUT2D eigenvalue weighted by atomic mass is 32.2. The minimum absolute atomic E-state index is 0.214. The monoisotopic (exact) mass is 364 g/mol. The van der Waals surface area contributed by atoms with Crippen LogP contribution in [0.5, 0.6) is 0 Å². The van der Waals surface area contributed by atoms with Crippen LogP contribution in [-0.2, 0) is 9.84 Å². The van der Waals surface area contributed by atoms with Crippen molar-refractivity contribution in [2.45, 2.75) is 39.8 Å². The van der Waals surface area contributed by atoms with Crippen molar-refractivity contribution in [1.29, 1.82) is 5.26 Å². The minimum Gasteiger partial charge on any atom is -0.244 e. The predicted molar refractivity (Wildman–Crippen MR) is 92.2 cm³/mol. The van der Waals surface area contributed by atoms with E-state index in [0.717, 1.165) is 22.8 Å². The molecule has 0 saturated carbocycles. The summed E-state index contributed by atoms with van der Waals surface area (Å²) in [4.78, 5) is 1.61. The molecule has 1 aromatic carbocycles. The Morgan fingerprint density at radius 1 is 1.35 bits per heavy atom. The van der Waals surface area contributed by atoms with Crippen LogP contribution in [0.4, 0.5) is 0 Å². The van der Waals surface area contributed by atoms with Gasteiger partial charge in [0.05, 0.1) is 4.90 Å². The molecule has 2 heterocycles. The third kappa shape index (κ3) is 3.45. The van der Waals surface area contributed by atoms with Crippen LogP contribution in [0.25, 0.3) is 0 Å². The van der Waals surface area contributed by atoms with Gasteiger partial charge in [0.25, 0.3) is 0 Å². The molecule has 1 aromatic heterocycles. The zero-order valence-electron chi connectivity index (χ0n) is 12.6. The smallest absolute Gasteiger partial charge is 0.216 e. The summed E-state index contributed by atoms with van der Waals surface area (Å²) in [5.41, 5.74) is 0. The van der Waals surface area contributed by atoms with Crippen molar-refractivity contribution in [2.24, 2.45) is 0 Å². The average Bonchev–Trinajstić information content (AvgIpc) is 3.18. The normalized spacial score (nSPS) is 18.9. The number of nitriles is 1. The van der Waals surface area contributed by atoms with Crippen molar-refractivity contribution in [1.82, 2.24) is 4.31 Å². The summed E-state index contributed by atoms with van der Waals surface area (Å²) in [5, 5.41) is 8.87. The highest BCUT2D eigenvalue weighted by molar-refractivity contribution is 7.97. The molecule has 1 aliphatic heterocycles. The van der Waals surface area contributed by atoms with Crippen LogP contribution >= 0.6 is 23.3 Å². The van der Waals surface area contributed by atoms with E-state index in [9.17, 15) is 8.42 Å². The first-order chi connectivity index (χ1) is 11.0. The van der Waals surface area contributed by atoms with E-state index in [4.69, 9.17) is 5.26 Å². The van der Waals surface area contributed by atoms with Crippen LogP contribution in [0.1, 0.15) is 24.6 Å². The molecule has 7 heteroatoms. The zero-order chi connectivity index (χ0) is 16.4. The third-order valence-electron chi connectivity index (χ3n) is 3.79. The third-order valence-corrected chi connectivity index (χ3v) is 8.26. The van der Waals surface area contributed by atoms with E-state index < -0.39 is 9.84 Å². The van der Waals surface area contributed by atoms with Gasteiger partial charge in [0.2, 0.25) is 9.84 Å². The topological polar surface area (TPSA) is 61.2 Å². The molecule has 1 aliphatic rings. The zero-order valence-corrected chi connectivity index (χ0v) is 15.0. The van der Waals surface area contributed by atoms with Gasteiger partial charge < -0.3 is 0 Å². The molecule has 0 radical (unpaired) electrons. The Hall–Kier alpha value is -1.33. The second kappa shape index (κ2) is 6.65. The molecule has 0 bridgehead atoms. The van der Waals surface area contributed by atoms with E-state index in [0.29, 0.717) is 10.9 Å². The molecule has 1 fully saturated rings. The summed E-state index contributed by atoms with van der Waals surface area (Å²) in [7, 11) is -3.56. The first-order valence-corrected chi connectivity index (χ1v) is 10.4. The Labute approximate surface area is 144 Å². The van der Waals surface area contributed by atoms with E-state index in [-0.39, 0.29) is 9.10 Å². The van der Waals surface area contributed by atoms with E-state index in [1.54, 1.807) is 36.2 Å². The van der Waals surface area contributed by atoms with Gasteiger partial charge in [0, 0.05) is 17.5 Å². The number of benzene rings is 1.